The van der Waals surface area contributed by atoms with Crippen molar-refractivity contribution in [3.63, 3.8) is 0 Å². The van der Waals surface area contributed by atoms with Gasteiger partial charge in [0.1, 0.15) is 12.4 Å². The monoisotopic (exact) mass is 431 g/mol. The van der Waals surface area contributed by atoms with Gasteiger partial charge in [-0.1, -0.05) is 15.9 Å². The lowest BCUT2D eigenvalue weighted by molar-refractivity contribution is 0.303. The van der Waals surface area contributed by atoms with Gasteiger partial charge >= 0.3 is 0 Å². The zero-order valence-corrected chi connectivity index (χ0v) is 16.4. The van der Waals surface area contributed by atoms with Gasteiger partial charge in [0.15, 0.2) is 0 Å². The van der Waals surface area contributed by atoms with Gasteiger partial charge in [-0.2, -0.15) is 0 Å². The van der Waals surface area contributed by atoms with Crippen LogP contribution in [-0.4, -0.2) is 5.54 Å². The van der Waals surface area contributed by atoms with Crippen molar-refractivity contribution in [3.8, 4) is 5.75 Å². The van der Waals surface area contributed by atoms with Gasteiger partial charge < -0.3 is 10.1 Å². The lowest BCUT2D eigenvalue weighted by Gasteiger charge is -2.21. The Kier molecular flexibility index (Phi) is 5.88. The highest BCUT2D eigenvalue weighted by Gasteiger charge is 2.12. The van der Waals surface area contributed by atoms with Gasteiger partial charge in [-0.15, -0.1) is 11.3 Å². The Morgan fingerprint density at radius 1 is 1.14 bits per heavy atom. The van der Waals surface area contributed by atoms with Crippen molar-refractivity contribution < 1.29 is 4.74 Å². The predicted octanol–water partition coefficient (Wildman–Crippen LogP) is 5.74. The number of nitrogens with one attached hydrogen (secondary N) is 1. The maximum Gasteiger partial charge on any atom is 0.124 e. The number of rotatable bonds is 5. The third-order valence-corrected chi connectivity index (χ3v) is 4.92. The Labute approximate surface area is 147 Å². The van der Waals surface area contributed by atoms with E-state index in [-0.39, 0.29) is 5.54 Å². The first-order valence-electron chi connectivity index (χ1n) is 6.74. The van der Waals surface area contributed by atoms with E-state index in [0.29, 0.717) is 6.61 Å². The van der Waals surface area contributed by atoms with Crippen LogP contribution in [0, 0.1) is 0 Å². The van der Waals surface area contributed by atoms with Crippen LogP contribution in [0.1, 0.15) is 31.2 Å². The average Bonchev–Trinajstić information content (AvgIpc) is 2.80. The van der Waals surface area contributed by atoms with Crippen LogP contribution in [0.15, 0.2) is 38.6 Å². The third-order valence-electron chi connectivity index (χ3n) is 2.83. The lowest BCUT2D eigenvalue weighted by Crippen LogP contribution is -2.35. The molecule has 0 unspecified atom stereocenters. The van der Waals surface area contributed by atoms with Crippen LogP contribution in [0.4, 0.5) is 0 Å². The second-order valence-electron chi connectivity index (χ2n) is 5.85. The SMILES string of the molecule is CC(C)(C)NCc1cc(Br)ccc1OCc1ccc(Br)s1. The normalized spacial score (nSPS) is 11.7. The minimum absolute atomic E-state index is 0.0816. The summed E-state index contributed by atoms with van der Waals surface area (Å²) in [5, 5.41) is 3.50. The van der Waals surface area contributed by atoms with Crippen molar-refractivity contribution in [2.75, 3.05) is 0 Å². The van der Waals surface area contributed by atoms with E-state index in [1.807, 2.05) is 18.2 Å². The van der Waals surface area contributed by atoms with Crippen molar-refractivity contribution >= 4 is 43.2 Å². The molecule has 0 aliphatic heterocycles. The van der Waals surface area contributed by atoms with Crippen LogP contribution in [-0.2, 0) is 13.2 Å². The molecule has 0 saturated heterocycles. The molecule has 0 fully saturated rings. The van der Waals surface area contributed by atoms with E-state index in [1.54, 1.807) is 11.3 Å². The Balaban J connectivity index is 2.07. The number of ether oxygens (including phenoxy) is 1. The first kappa shape index (κ1) is 17.0. The number of halogens is 2. The van der Waals surface area contributed by atoms with E-state index in [0.717, 1.165) is 26.1 Å². The Bertz CT molecular complexity index is 605. The molecule has 0 aliphatic rings. The summed E-state index contributed by atoms with van der Waals surface area (Å²) < 4.78 is 8.19. The standard InChI is InChI=1S/C16H19Br2NOS/c1-16(2,3)19-9-11-8-12(17)4-6-14(11)20-10-13-5-7-15(18)21-13/h4-8,19H,9-10H2,1-3H3. The molecule has 0 aliphatic carbocycles. The molecule has 0 spiro atoms. The lowest BCUT2D eigenvalue weighted by atomic mass is 10.1. The van der Waals surface area contributed by atoms with Crippen molar-refractivity contribution in [1.29, 1.82) is 0 Å². The second-order valence-corrected chi connectivity index (χ2v) is 9.31. The molecule has 1 N–H and O–H groups in total. The molecule has 0 atom stereocenters. The zero-order chi connectivity index (χ0) is 15.5. The van der Waals surface area contributed by atoms with E-state index >= 15 is 0 Å². The summed E-state index contributed by atoms with van der Waals surface area (Å²) in [7, 11) is 0. The van der Waals surface area contributed by atoms with E-state index in [4.69, 9.17) is 4.74 Å². The predicted molar refractivity (Wildman–Crippen MR) is 97.1 cm³/mol. The maximum atomic E-state index is 5.99. The van der Waals surface area contributed by atoms with Crippen LogP contribution in [0.5, 0.6) is 5.75 Å². The highest BCUT2D eigenvalue weighted by atomic mass is 79.9. The topological polar surface area (TPSA) is 21.3 Å². The number of hydrogen-bond acceptors (Lipinski definition) is 3. The summed E-state index contributed by atoms with van der Waals surface area (Å²) in [5.41, 5.74) is 1.24. The number of benzene rings is 1. The van der Waals surface area contributed by atoms with Gasteiger partial charge in [0.05, 0.1) is 3.79 Å². The maximum absolute atomic E-state index is 5.99. The summed E-state index contributed by atoms with van der Waals surface area (Å²) >= 11 is 8.70. The highest BCUT2D eigenvalue weighted by Crippen LogP contribution is 2.27. The van der Waals surface area contributed by atoms with Crippen molar-refractivity contribution in [2.45, 2.75) is 39.5 Å². The summed E-state index contributed by atoms with van der Waals surface area (Å²) in [6, 6.07) is 10.3. The smallest absolute Gasteiger partial charge is 0.124 e. The first-order chi connectivity index (χ1) is 9.83. The summed E-state index contributed by atoms with van der Waals surface area (Å²) in [6.45, 7) is 7.87. The van der Waals surface area contributed by atoms with Gasteiger partial charge in [-0.25, -0.2) is 0 Å². The minimum Gasteiger partial charge on any atom is -0.488 e. The molecule has 5 heteroatoms. The molecule has 2 nitrogen and oxygen atoms in total. The molecule has 21 heavy (non-hydrogen) atoms. The largest absolute Gasteiger partial charge is 0.488 e. The van der Waals surface area contributed by atoms with Crippen molar-refractivity contribution in [3.05, 3.63) is 49.0 Å². The fourth-order valence-corrected chi connectivity index (χ4v) is 3.57. The molecule has 0 amide bonds. The van der Waals surface area contributed by atoms with Gasteiger partial charge in [0.2, 0.25) is 0 Å². The van der Waals surface area contributed by atoms with Gasteiger partial charge in [-0.05, 0) is 67.0 Å². The Hall–Kier alpha value is -0.360. The van der Waals surface area contributed by atoms with Crippen LogP contribution >= 0.6 is 43.2 Å². The minimum atomic E-state index is 0.0816. The molecule has 2 rings (SSSR count). The highest BCUT2D eigenvalue weighted by molar-refractivity contribution is 9.11. The molecule has 2 aromatic rings. The molecule has 114 valence electrons. The number of hydrogen-bond donors (Lipinski definition) is 1. The molecule has 1 aromatic carbocycles. The van der Waals surface area contributed by atoms with Crippen LogP contribution in [0.2, 0.25) is 0 Å². The molecule has 1 heterocycles. The van der Waals surface area contributed by atoms with E-state index in [1.165, 1.54) is 4.88 Å². The van der Waals surface area contributed by atoms with E-state index in [9.17, 15) is 0 Å². The summed E-state index contributed by atoms with van der Waals surface area (Å²) in [5.74, 6) is 0.930. The number of thiophene rings is 1. The Morgan fingerprint density at radius 3 is 2.52 bits per heavy atom. The molecule has 0 radical (unpaired) electrons. The van der Waals surface area contributed by atoms with Crippen LogP contribution in [0.25, 0.3) is 0 Å². The molecule has 0 bridgehead atoms. The van der Waals surface area contributed by atoms with Gasteiger partial charge in [0.25, 0.3) is 0 Å². The van der Waals surface area contributed by atoms with E-state index in [2.05, 4.69) is 70.1 Å². The fraction of sp³-hybridized carbons (Fsp3) is 0.375. The molecule has 0 saturated carbocycles. The summed E-state index contributed by atoms with van der Waals surface area (Å²) in [6.07, 6.45) is 0. The molecule has 1 aromatic heterocycles. The van der Waals surface area contributed by atoms with Crippen molar-refractivity contribution in [1.82, 2.24) is 5.32 Å². The zero-order valence-electron chi connectivity index (χ0n) is 12.4. The Morgan fingerprint density at radius 2 is 1.90 bits per heavy atom. The first-order valence-corrected chi connectivity index (χ1v) is 9.14. The van der Waals surface area contributed by atoms with Gasteiger partial charge in [0, 0.05) is 27.0 Å². The van der Waals surface area contributed by atoms with Crippen LogP contribution < -0.4 is 10.1 Å². The molecular formula is C16H19Br2NOS. The van der Waals surface area contributed by atoms with Crippen LogP contribution in [0.3, 0.4) is 0 Å². The second kappa shape index (κ2) is 7.27. The third kappa shape index (κ3) is 5.74. The van der Waals surface area contributed by atoms with Crippen molar-refractivity contribution in [2.24, 2.45) is 0 Å². The van der Waals surface area contributed by atoms with E-state index < -0.39 is 0 Å². The molecular weight excluding hydrogens is 414 g/mol. The summed E-state index contributed by atoms with van der Waals surface area (Å²) in [4.78, 5) is 1.21. The quantitative estimate of drug-likeness (QED) is 0.650. The average molecular weight is 433 g/mol. The fourth-order valence-electron chi connectivity index (χ4n) is 1.77. The van der Waals surface area contributed by atoms with Gasteiger partial charge in [-0.3, -0.25) is 0 Å².